The third-order valence-corrected chi connectivity index (χ3v) is 3.53. The first-order valence-corrected chi connectivity index (χ1v) is 6.59. The van der Waals surface area contributed by atoms with Gasteiger partial charge in [-0.15, -0.1) is 0 Å². The molecule has 0 aromatic carbocycles. The largest absolute Gasteiger partial charge is 0.464 e. The smallest absolute Gasteiger partial charge is 0.356 e. The number of aromatic nitrogens is 1. The Morgan fingerprint density at radius 3 is 2.85 bits per heavy atom. The minimum atomic E-state index is -0.609. The van der Waals surface area contributed by atoms with Crippen LogP contribution in [0.25, 0.3) is 0 Å². The van der Waals surface area contributed by atoms with E-state index in [0.29, 0.717) is 12.5 Å². The van der Waals surface area contributed by atoms with Gasteiger partial charge in [-0.2, -0.15) is 0 Å². The van der Waals surface area contributed by atoms with Crippen molar-refractivity contribution in [2.45, 2.75) is 25.7 Å². The standard InChI is InChI=1S/C13H17N3O4/c1-20-13(17)10-5-6-11(16(18)19)12(15-10)14-8-7-9-3-2-4-9/h5-6,9H,2-4,7-8H2,1H3,(H,14,15). The van der Waals surface area contributed by atoms with Gasteiger partial charge in [0.15, 0.2) is 5.69 Å². The molecule has 1 N–H and O–H groups in total. The number of carbonyl (C=O) groups is 1. The van der Waals surface area contributed by atoms with E-state index in [4.69, 9.17) is 0 Å². The first-order chi connectivity index (χ1) is 9.61. The summed E-state index contributed by atoms with van der Waals surface area (Å²) in [6, 6.07) is 2.56. The van der Waals surface area contributed by atoms with Gasteiger partial charge in [-0.25, -0.2) is 9.78 Å². The number of methoxy groups -OCH3 is 1. The van der Waals surface area contributed by atoms with E-state index in [9.17, 15) is 14.9 Å². The van der Waals surface area contributed by atoms with Gasteiger partial charge < -0.3 is 10.1 Å². The summed E-state index contributed by atoms with van der Waals surface area (Å²) in [5, 5.41) is 13.9. The third kappa shape index (κ3) is 3.23. The van der Waals surface area contributed by atoms with Crippen LogP contribution in [-0.2, 0) is 4.74 Å². The van der Waals surface area contributed by atoms with Crippen LogP contribution in [0.4, 0.5) is 11.5 Å². The molecule has 108 valence electrons. The van der Waals surface area contributed by atoms with Crippen LogP contribution in [0.3, 0.4) is 0 Å². The van der Waals surface area contributed by atoms with Crippen molar-refractivity contribution < 1.29 is 14.5 Å². The van der Waals surface area contributed by atoms with Gasteiger partial charge in [0.2, 0.25) is 5.82 Å². The topological polar surface area (TPSA) is 94.4 Å². The molecule has 1 aromatic rings. The second-order valence-corrected chi connectivity index (χ2v) is 4.83. The van der Waals surface area contributed by atoms with Crippen molar-refractivity contribution in [1.82, 2.24) is 4.98 Å². The van der Waals surface area contributed by atoms with Crippen molar-refractivity contribution >= 4 is 17.5 Å². The van der Waals surface area contributed by atoms with Crippen LogP contribution in [0, 0.1) is 16.0 Å². The highest BCUT2D eigenvalue weighted by Gasteiger charge is 2.20. The first kappa shape index (κ1) is 14.2. The molecule has 0 unspecified atom stereocenters. The number of nitrogens with zero attached hydrogens (tertiary/aromatic N) is 2. The molecule has 0 spiro atoms. The molecule has 1 saturated carbocycles. The zero-order valence-corrected chi connectivity index (χ0v) is 11.3. The zero-order chi connectivity index (χ0) is 14.5. The van der Waals surface area contributed by atoms with Crippen LogP contribution in [0.15, 0.2) is 12.1 Å². The molecular weight excluding hydrogens is 262 g/mol. The molecule has 1 aromatic heterocycles. The van der Waals surface area contributed by atoms with Crippen LogP contribution in [0.1, 0.15) is 36.2 Å². The van der Waals surface area contributed by atoms with E-state index in [0.717, 1.165) is 6.42 Å². The lowest BCUT2D eigenvalue weighted by molar-refractivity contribution is -0.384. The molecule has 1 heterocycles. The summed E-state index contributed by atoms with van der Waals surface area (Å²) in [4.78, 5) is 25.8. The van der Waals surface area contributed by atoms with Gasteiger partial charge in [-0.1, -0.05) is 19.3 Å². The highest BCUT2D eigenvalue weighted by Crippen LogP contribution is 2.29. The van der Waals surface area contributed by atoms with Crippen molar-refractivity contribution in [3.63, 3.8) is 0 Å². The van der Waals surface area contributed by atoms with E-state index in [1.165, 1.54) is 38.5 Å². The number of ether oxygens (including phenoxy) is 1. The molecule has 0 aliphatic heterocycles. The Labute approximate surface area is 116 Å². The van der Waals surface area contributed by atoms with Gasteiger partial charge in [0.05, 0.1) is 12.0 Å². The molecule has 0 radical (unpaired) electrons. The second kappa shape index (κ2) is 6.31. The maximum absolute atomic E-state index is 11.4. The number of pyridine rings is 1. The van der Waals surface area contributed by atoms with Gasteiger partial charge in [0.1, 0.15) is 0 Å². The number of nitro groups is 1. The van der Waals surface area contributed by atoms with Gasteiger partial charge in [0.25, 0.3) is 0 Å². The van der Waals surface area contributed by atoms with Crippen LogP contribution in [0.5, 0.6) is 0 Å². The fraction of sp³-hybridized carbons (Fsp3) is 0.538. The SMILES string of the molecule is COC(=O)c1ccc([N+](=O)[O-])c(NCCC2CCC2)n1. The minimum absolute atomic E-state index is 0.0595. The second-order valence-electron chi connectivity index (χ2n) is 4.83. The van der Waals surface area contributed by atoms with Gasteiger partial charge in [-0.05, 0) is 18.4 Å². The first-order valence-electron chi connectivity index (χ1n) is 6.59. The molecule has 20 heavy (non-hydrogen) atoms. The highest BCUT2D eigenvalue weighted by molar-refractivity contribution is 5.88. The maximum Gasteiger partial charge on any atom is 0.356 e. The summed E-state index contributed by atoms with van der Waals surface area (Å²) < 4.78 is 4.56. The summed E-state index contributed by atoms with van der Waals surface area (Å²) in [6.07, 6.45) is 4.67. The number of hydrogen-bond donors (Lipinski definition) is 1. The summed E-state index contributed by atoms with van der Waals surface area (Å²) in [7, 11) is 1.25. The van der Waals surface area contributed by atoms with E-state index in [1.807, 2.05) is 0 Å². The number of esters is 1. The van der Waals surface area contributed by atoms with Gasteiger partial charge in [0, 0.05) is 12.6 Å². The molecule has 0 atom stereocenters. The monoisotopic (exact) mass is 279 g/mol. The molecule has 2 rings (SSSR count). The molecular formula is C13H17N3O4. The Bertz CT molecular complexity index is 514. The average molecular weight is 279 g/mol. The molecule has 1 fully saturated rings. The molecule has 7 heteroatoms. The average Bonchev–Trinajstić information content (AvgIpc) is 2.40. The van der Waals surface area contributed by atoms with Crippen LogP contribution >= 0.6 is 0 Å². The van der Waals surface area contributed by atoms with Crippen molar-refractivity contribution in [2.24, 2.45) is 5.92 Å². The number of anilines is 1. The Hall–Kier alpha value is -2.18. The summed E-state index contributed by atoms with van der Waals surface area (Å²) in [6.45, 7) is 0.614. The number of carbonyl (C=O) groups excluding carboxylic acids is 1. The maximum atomic E-state index is 11.4. The Morgan fingerprint density at radius 1 is 1.55 bits per heavy atom. The number of rotatable bonds is 6. The fourth-order valence-corrected chi connectivity index (χ4v) is 2.12. The molecule has 1 aliphatic rings. The van der Waals surface area contributed by atoms with Crippen LogP contribution in [0.2, 0.25) is 0 Å². The van der Waals surface area contributed by atoms with E-state index >= 15 is 0 Å². The molecule has 0 bridgehead atoms. The molecule has 1 aliphatic carbocycles. The molecule has 0 saturated heterocycles. The number of hydrogen-bond acceptors (Lipinski definition) is 6. The quantitative estimate of drug-likeness (QED) is 0.488. The fourth-order valence-electron chi connectivity index (χ4n) is 2.12. The van der Waals surface area contributed by atoms with Crippen LogP contribution in [-0.4, -0.2) is 29.5 Å². The van der Waals surface area contributed by atoms with Gasteiger partial charge >= 0.3 is 11.7 Å². The van der Waals surface area contributed by atoms with Gasteiger partial charge in [-0.3, -0.25) is 10.1 Å². The summed E-state index contributed by atoms with van der Waals surface area (Å²) in [5.41, 5.74) is -0.0736. The zero-order valence-electron chi connectivity index (χ0n) is 11.3. The predicted octanol–water partition coefficient (Wildman–Crippen LogP) is 2.38. The predicted molar refractivity (Wildman–Crippen MR) is 72.7 cm³/mol. The number of nitrogens with one attached hydrogen (secondary N) is 1. The van der Waals surface area contributed by atoms with Crippen molar-refractivity contribution in [2.75, 3.05) is 19.0 Å². The van der Waals surface area contributed by atoms with E-state index in [2.05, 4.69) is 15.0 Å². The third-order valence-electron chi connectivity index (χ3n) is 3.53. The van der Waals surface area contributed by atoms with Crippen molar-refractivity contribution in [3.8, 4) is 0 Å². The lowest BCUT2D eigenvalue weighted by Crippen LogP contribution is -2.17. The molecule has 0 amide bonds. The minimum Gasteiger partial charge on any atom is -0.464 e. The summed E-state index contributed by atoms with van der Waals surface area (Å²) >= 11 is 0. The Kier molecular flexibility index (Phi) is 4.49. The lowest BCUT2D eigenvalue weighted by Gasteiger charge is -2.25. The van der Waals surface area contributed by atoms with Crippen molar-refractivity contribution in [3.05, 3.63) is 27.9 Å². The normalized spacial score (nSPS) is 14.4. The molecule has 7 nitrogen and oxygen atoms in total. The van der Waals surface area contributed by atoms with E-state index in [-0.39, 0.29) is 17.2 Å². The lowest BCUT2D eigenvalue weighted by atomic mass is 9.83. The highest BCUT2D eigenvalue weighted by atomic mass is 16.6. The van der Waals surface area contributed by atoms with E-state index in [1.54, 1.807) is 0 Å². The van der Waals surface area contributed by atoms with Crippen LogP contribution < -0.4 is 5.32 Å². The summed E-state index contributed by atoms with van der Waals surface area (Å²) in [5.74, 6) is 0.213. The van der Waals surface area contributed by atoms with E-state index < -0.39 is 10.9 Å². The Balaban J connectivity index is 2.08. The Morgan fingerprint density at radius 2 is 2.30 bits per heavy atom. The van der Waals surface area contributed by atoms with Crippen molar-refractivity contribution in [1.29, 1.82) is 0 Å².